The maximum absolute atomic E-state index is 1.68. The molecule has 0 atom stereocenters. The molecular formula is C15H27Pb. The van der Waals surface area contributed by atoms with Crippen LogP contribution in [0, 0.1) is 0 Å². The van der Waals surface area contributed by atoms with Crippen molar-refractivity contribution in [1.82, 2.24) is 0 Å². The van der Waals surface area contributed by atoms with Crippen molar-refractivity contribution in [2.24, 2.45) is 0 Å². The minimum atomic E-state index is -1.22. The SMILES string of the molecule is C1CC[CH]([Pb]([CH]2CCCC2)[CH]2CCCC2)C1. The second-order valence-electron chi connectivity index (χ2n) is 6.44. The summed E-state index contributed by atoms with van der Waals surface area (Å²) in [4.78, 5) is 0. The zero-order valence-electron chi connectivity index (χ0n) is 10.7. The number of hydrogen-bond donors (Lipinski definition) is 0. The van der Waals surface area contributed by atoms with Crippen LogP contribution in [0.15, 0.2) is 0 Å². The Labute approximate surface area is 110 Å². The molecule has 0 N–H and O–H groups in total. The molecule has 0 aromatic carbocycles. The molecule has 3 rings (SSSR count). The summed E-state index contributed by atoms with van der Waals surface area (Å²) in [7, 11) is 0. The molecule has 16 heavy (non-hydrogen) atoms. The van der Waals surface area contributed by atoms with Crippen LogP contribution in [0.25, 0.3) is 0 Å². The first kappa shape index (κ1) is 12.0. The van der Waals surface area contributed by atoms with Crippen LogP contribution in [0.5, 0.6) is 0 Å². The van der Waals surface area contributed by atoms with E-state index in [-0.39, 0.29) is 0 Å². The fourth-order valence-electron chi connectivity index (χ4n) is 4.78. The summed E-state index contributed by atoms with van der Waals surface area (Å²) in [6.07, 6.45) is 19.6. The molecule has 0 saturated heterocycles. The zero-order valence-corrected chi connectivity index (χ0v) is 14.6. The van der Waals surface area contributed by atoms with E-state index in [1.54, 1.807) is 77.0 Å². The molecule has 0 heterocycles. The van der Waals surface area contributed by atoms with Crippen LogP contribution in [0.4, 0.5) is 0 Å². The van der Waals surface area contributed by atoms with E-state index < -0.39 is 22.7 Å². The molecule has 1 radical (unpaired) electrons. The van der Waals surface area contributed by atoms with E-state index in [4.69, 9.17) is 0 Å². The maximum atomic E-state index is 1.68. The van der Waals surface area contributed by atoms with E-state index in [9.17, 15) is 0 Å². The Balaban J connectivity index is 1.70. The standard InChI is InChI=1S/3C5H9.Pb/c3*1-2-4-5-3-1;/h3*1H,2-5H2;. The second kappa shape index (κ2) is 5.71. The normalized spacial score (nSPS) is 29.8. The van der Waals surface area contributed by atoms with Gasteiger partial charge in [0, 0.05) is 0 Å². The van der Waals surface area contributed by atoms with Gasteiger partial charge in [0.2, 0.25) is 0 Å². The first-order chi connectivity index (χ1) is 7.95. The molecule has 3 aliphatic carbocycles. The van der Waals surface area contributed by atoms with E-state index in [1.807, 2.05) is 0 Å². The summed E-state index contributed by atoms with van der Waals surface area (Å²) in [5.41, 5.74) is 0. The van der Waals surface area contributed by atoms with E-state index in [1.165, 1.54) is 10.4 Å². The Morgan fingerprint density at radius 1 is 0.438 bits per heavy atom. The Morgan fingerprint density at radius 2 is 0.688 bits per heavy atom. The van der Waals surface area contributed by atoms with Gasteiger partial charge in [0.25, 0.3) is 0 Å². The Hall–Kier alpha value is 0.922. The predicted molar refractivity (Wildman–Crippen MR) is 72.4 cm³/mol. The molecule has 3 fully saturated rings. The van der Waals surface area contributed by atoms with Gasteiger partial charge < -0.3 is 0 Å². The predicted octanol–water partition coefficient (Wildman–Crippen LogP) is 5.31. The molecule has 0 aliphatic heterocycles. The average Bonchev–Trinajstić information content (AvgIpc) is 3.02. The third-order valence-electron chi connectivity index (χ3n) is 5.48. The van der Waals surface area contributed by atoms with Gasteiger partial charge in [-0.1, -0.05) is 0 Å². The van der Waals surface area contributed by atoms with Gasteiger partial charge >= 0.3 is 110 Å². The fraction of sp³-hybridized carbons (Fsp3) is 1.00. The molecule has 0 aromatic rings. The Morgan fingerprint density at radius 3 is 0.938 bits per heavy atom. The van der Waals surface area contributed by atoms with Crippen LogP contribution in [0.2, 0.25) is 10.4 Å². The Kier molecular flexibility index (Phi) is 4.27. The van der Waals surface area contributed by atoms with Crippen LogP contribution in [-0.4, -0.2) is 22.7 Å². The van der Waals surface area contributed by atoms with E-state index in [0.29, 0.717) is 0 Å². The third-order valence-corrected chi connectivity index (χ3v) is 23.2. The van der Waals surface area contributed by atoms with Gasteiger partial charge in [-0.05, 0) is 0 Å². The van der Waals surface area contributed by atoms with Crippen molar-refractivity contribution in [3.8, 4) is 0 Å². The molecule has 1 heteroatoms. The molecule has 91 valence electrons. The van der Waals surface area contributed by atoms with Gasteiger partial charge in [0.05, 0.1) is 0 Å². The topological polar surface area (TPSA) is 0 Å². The fourth-order valence-corrected chi connectivity index (χ4v) is 25.1. The molecule has 0 unspecified atom stereocenters. The second-order valence-corrected chi connectivity index (χ2v) is 19.9. The van der Waals surface area contributed by atoms with Crippen molar-refractivity contribution in [2.45, 2.75) is 87.5 Å². The monoisotopic (exact) mass is 415 g/mol. The molecule has 0 nitrogen and oxygen atoms in total. The first-order valence-electron chi connectivity index (χ1n) is 7.82. The van der Waals surface area contributed by atoms with Crippen molar-refractivity contribution < 1.29 is 0 Å². The minimum absolute atomic E-state index is 1.22. The third kappa shape index (κ3) is 2.51. The average molecular weight is 415 g/mol. The van der Waals surface area contributed by atoms with Gasteiger partial charge in [-0.3, -0.25) is 0 Å². The molecule has 0 amide bonds. The van der Waals surface area contributed by atoms with E-state index in [2.05, 4.69) is 0 Å². The molecular weight excluding hydrogens is 387 g/mol. The number of hydrogen-bond acceptors (Lipinski definition) is 0. The van der Waals surface area contributed by atoms with Crippen LogP contribution in [0.1, 0.15) is 77.0 Å². The van der Waals surface area contributed by atoms with Crippen molar-refractivity contribution in [1.29, 1.82) is 0 Å². The quantitative estimate of drug-likeness (QED) is 0.549. The van der Waals surface area contributed by atoms with Gasteiger partial charge in [-0.25, -0.2) is 0 Å². The molecule has 0 aromatic heterocycles. The molecule has 0 bridgehead atoms. The molecule has 3 aliphatic rings. The van der Waals surface area contributed by atoms with Gasteiger partial charge in [0.15, 0.2) is 0 Å². The summed E-state index contributed by atoms with van der Waals surface area (Å²) in [5.74, 6) is 0. The van der Waals surface area contributed by atoms with Crippen molar-refractivity contribution in [3.63, 3.8) is 0 Å². The van der Waals surface area contributed by atoms with Crippen LogP contribution in [-0.2, 0) is 0 Å². The summed E-state index contributed by atoms with van der Waals surface area (Å²) in [6, 6.07) is 0. The zero-order chi connectivity index (χ0) is 10.8. The van der Waals surface area contributed by atoms with Gasteiger partial charge in [-0.2, -0.15) is 0 Å². The summed E-state index contributed by atoms with van der Waals surface area (Å²) < 4.78 is 4.07. The van der Waals surface area contributed by atoms with E-state index in [0.717, 1.165) is 0 Å². The van der Waals surface area contributed by atoms with Gasteiger partial charge in [-0.15, -0.1) is 0 Å². The molecule has 0 spiro atoms. The van der Waals surface area contributed by atoms with Crippen LogP contribution < -0.4 is 0 Å². The molecule has 3 saturated carbocycles. The summed E-state index contributed by atoms with van der Waals surface area (Å²) in [6.45, 7) is 0. The van der Waals surface area contributed by atoms with Crippen molar-refractivity contribution >= 4 is 22.7 Å². The van der Waals surface area contributed by atoms with Crippen LogP contribution in [0.3, 0.4) is 0 Å². The van der Waals surface area contributed by atoms with Gasteiger partial charge in [0.1, 0.15) is 0 Å². The summed E-state index contributed by atoms with van der Waals surface area (Å²) in [5, 5.41) is 0. The van der Waals surface area contributed by atoms with Crippen molar-refractivity contribution in [2.75, 3.05) is 0 Å². The van der Waals surface area contributed by atoms with Crippen LogP contribution >= 0.6 is 0 Å². The Bertz CT molecular complexity index is 169. The first-order valence-corrected chi connectivity index (χ1v) is 14.5. The van der Waals surface area contributed by atoms with Crippen molar-refractivity contribution in [3.05, 3.63) is 0 Å². The van der Waals surface area contributed by atoms with E-state index >= 15 is 0 Å². The summed E-state index contributed by atoms with van der Waals surface area (Å²) >= 11 is -1.22. The number of rotatable bonds is 3.